The van der Waals surface area contributed by atoms with E-state index in [-0.39, 0.29) is 57.9 Å². The van der Waals surface area contributed by atoms with Crippen molar-refractivity contribution in [1.82, 2.24) is 9.55 Å². The molecule has 0 spiro atoms. The summed E-state index contributed by atoms with van der Waals surface area (Å²) in [7, 11) is 0. The van der Waals surface area contributed by atoms with E-state index in [9.17, 15) is 24.3 Å². The van der Waals surface area contributed by atoms with Crippen LogP contribution >= 0.6 is 0 Å². The van der Waals surface area contributed by atoms with Crippen molar-refractivity contribution in [3.63, 3.8) is 0 Å². The average Bonchev–Trinajstić information content (AvgIpc) is 2.41. The Morgan fingerprint density at radius 2 is 1.77 bits per heavy atom. The molecule has 1 aromatic heterocycles. The molecule has 1 heterocycles. The zero-order chi connectivity index (χ0) is 15.6. The van der Waals surface area contributed by atoms with Gasteiger partial charge in [0.1, 0.15) is 0 Å². The number of carbonyl (C=O) groups is 2. The van der Waals surface area contributed by atoms with E-state index in [0.717, 1.165) is 0 Å². The minimum Gasteiger partial charge on any atom is -0.543 e. The van der Waals surface area contributed by atoms with Crippen LogP contribution in [0.5, 0.6) is 0 Å². The van der Waals surface area contributed by atoms with E-state index < -0.39 is 34.4 Å². The van der Waals surface area contributed by atoms with E-state index in [1.165, 1.54) is 0 Å². The monoisotopic (exact) mass is 328 g/mol. The van der Waals surface area contributed by atoms with Gasteiger partial charge in [0.25, 0.3) is 5.56 Å². The second kappa shape index (κ2) is 7.65. The summed E-state index contributed by atoms with van der Waals surface area (Å²) in [6.45, 7) is -0.208. The van der Waals surface area contributed by atoms with Crippen LogP contribution in [-0.4, -0.2) is 26.6 Å². The number of aromatic carboxylic acids is 2. The maximum Gasteiger partial charge on any atom is 1.00 e. The van der Waals surface area contributed by atoms with E-state index in [2.05, 4.69) is 0 Å². The van der Waals surface area contributed by atoms with Crippen molar-refractivity contribution >= 4 is 11.9 Å². The topological polar surface area (TPSA) is 132 Å². The van der Waals surface area contributed by atoms with Crippen molar-refractivity contribution in [2.75, 3.05) is 0 Å². The number of H-pyrrole nitrogens is 1. The molecule has 2 rings (SSSR count). The molecule has 2 aromatic rings. The van der Waals surface area contributed by atoms with Crippen LogP contribution in [0.4, 0.5) is 0 Å². The second-order valence-corrected chi connectivity index (χ2v) is 4.15. The van der Waals surface area contributed by atoms with Gasteiger partial charge in [-0.3, -0.25) is 14.3 Å². The molecule has 0 atom stereocenters. The third-order valence-corrected chi connectivity index (χ3v) is 2.79. The Morgan fingerprint density at radius 1 is 1.18 bits per heavy atom. The van der Waals surface area contributed by atoms with Crippen LogP contribution in [0.15, 0.2) is 39.9 Å². The van der Waals surface area contributed by atoms with Gasteiger partial charge >= 0.3 is 63.0 Å². The zero-order valence-corrected chi connectivity index (χ0v) is 14.7. The van der Waals surface area contributed by atoms with Gasteiger partial charge in [0.05, 0.1) is 18.2 Å². The fraction of sp³-hybridized carbons (Fsp3) is 0.0769. The van der Waals surface area contributed by atoms with Crippen LogP contribution in [0.1, 0.15) is 26.4 Å². The molecule has 0 aliphatic rings. The first-order valence-corrected chi connectivity index (χ1v) is 5.77. The molecule has 0 saturated heterocycles. The molecule has 0 amide bonds. The number of aromatic nitrogens is 2. The van der Waals surface area contributed by atoms with Crippen molar-refractivity contribution in [2.45, 2.75) is 6.54 Å². The summed E-state index contributed by atoms with van der Waals surface area (Å²) in [6, 6.07) is 8.31. The van der Waals surface area contributed by atoms with E-state index in [1.807, 2.05) is 0 Å². The molecular formula is C13H9KN2O6. The van der Waals surface area contributed by atoms with Gasteiger partial charge in [-0.2, -0.15) is 0 Å². The summed E-state index contributed by atoms with van der Waals surface area (Å²) in [5.74, 6) is -3.66. The van der Waals surface area contributed by atoms with E-state index in [4.69, 9.17) is 5.11 Å². The summed E-state index contributed by atoms with van der Waals surface area (Å²) in [6.07, 6.45) is 0. The normalized spacial score (nSPS) is 9.82. The predicted octanol–water partition coefficient (Wildman–Crippen LogP) is -4.35. The predicted molar refractivity (Wildman–Crippen MR) is 68.2 cm³/mol. The first kappa shape index (κ1) is 18.5. The first-order valence-electron chi connectivity index (χ1n) is 5.77. The molecule has 0 aliphatic carbocycles. The van der Waals surface area contributed by atoms with E-state index in [1.54, 1.807) is 35.3 Å². The van der Waals surface area contributed by atoms with Gasteiger partial charge in [0.15, 0.2) is 5.56 Å². The van der Waals surface area contributed by atoms with E-state index in [0.29, 0.717) is 10.1 Å². The second-order valence-electron chi connectivity index (χ2n) is 4.15. The first-order chi connectivity index (χ1) is 9.91. The minimum absolute atomic E-state index is 0. The minimum atomic E-state index is -1.91. The van der Waals surface area contributed by atoms with Gasteiger partial charge in [-0.1, -0.05) is 30.3 Å². The number of hydrogen-bond donors (Lipinski definition) is 2. The Hall–Kier alpha value is -1.52. The smallest absolute Gasteiger partial charge is 0.543 e. The van der Waals surface area contributed by atoms with Gasteiger partial charge in [0, 0.05) is 0 Å². The van der Waals surface area contributed by atoms with Gasteiger partial charge < -0.3 is 15.0 Å². The number of benzene rings is 1. The summed E-state index contributed by atoms with van der Waals surface area (Å²) in [5.41, 5.74) is -3.74. The fourth-order valence-corrected chi connectivity index (χ4v) is 1.90. The van der Waals surface area contributed by atoms with Gasteiger partial charge in [-0.25, -0.2) is 9.59 Å². The Bertz CT molecular complexity index is 825. The number of hydrogen-bond acceptors (Lipinski definition) is 5. The molecule has 22 heavy (non-hydrogen) atoms. The van der Waals surface area contributed by atoms with Crippen molar-refractivity contribution < 1.29 is 71.2 Å². The molecule has 9 heteroatoms. The average molecular weight is 328 g/mol. The molecule has 8 nitrogen and oxygen atoms in total. The quantitative estimate of drug-likeness (QED) is 0.545. The Balaban J connectivity index is 0.00000242. The summed E-state index contributed by atoms with van der Waals surface area (Å²) < 4.78 is 0.648. The maximum atomic E-state index is 11.8. The Kier molecular flexibility index (Phi) is 6.44. The van der Waals surface area contributed by atoms with Crippen molar-refractivity contribution in [3.05, 3.63) is 68.0 Å². The Labute approximate surface area is 165 Å². The fourth-order valence-electron chi connectivity index (χ4n) is 1.90. The summed E-state index contributed by atoms with van der Waals surface area (Å²) in [5, 5.41) is 20.1. The number of carboxylic acid groups (broad SMARTS) is 2. The van der Waals surface area contributed by atoms with Crippen molar-refractivity contribution in [1.29, 1.82) is 0 Å². The van der Waals surface area contributed by atoms with Crippen LogP contribution in [0.25, 0.3) is 0 Å². The molecule has 1 aromatic carbocycles. The number of nitrogens with zero attached hydrogens (tertiary/aromatic N) is 1. The van der Waals surface area contributed by atoms with Crippen molar-refractivity contribution in [2.24, 2.45) is 0 Å². The maximum absolute atomic E-state index is 11.8. The molecular weight excluding hydrogens is 319 g/mol. The summed E-state index contributed by atoms with van der Waals surface area (Å²) >= 11 is 0. The van der Waals surface area contributed by atoms with Crippen LogP contribution < -0.4 is 67.7 Å². The molecule has 0 saturated carbocycles. The van der Waals surface area contributed by atoms with E-state index >= 15 is 0 Å². The number of rotatable bonds is 4. The van der Waals surface area contributed by atoms with Crippen LogP contribution in [-0.2, 0) is 6.54 Å². The molecule has 0 unspecified atom stereocenters. The van der Waals surface area contributed by atoms with Crippen molar-refractivity contribution in [3.8, 4) is 0 Å². The molecule has 0 radical (unpaired) electrons. The SMILES string of the molecule is O=C(O)c1c(C(=O)[O-])n(Cc2ccccc2)c(=O)[nH]c1=O.[K+]. The molecule has 0 bridgehead atoms. The van der Waals surface area contributed by atoms with Crippen LogP contribution in [0, 0.1) is 0 Å². The number of carbonyl (C=O) groups excluding carboxylic acids is 1. The standard InChI is InChI=1S/C13H10N2O6.K/c16-10-8(11(17)18)9(12(19)20)15(13(21)14-10)6-7-4-2-1-3-5-7;/h1-5H,6H2,(H,17,18)(H,19,20)(H,14,16,21);/q;+1/p-1. The van der Waals surface area contributed by atoms with Gasteiger partial charge in [-0.15, -0.1) is 0 Å². The number of aromatic amines is 1. The molecule has 2 N–H and O–H groups in total. The molecule has 108 valence electrons. The third kappa shape index (κ3) is 3.81. The summed E-state index contributed by atoms with van der Waals surface area (Å²) in [4.78, 5) is 47.2. The van der Waals surface area contributed by atoms with Crippen LogP contribution in [0.2, 0.25) is 0 Å². The largest absolute Gasteiger partial charge is 1.00 e. The third-order valence-electron chi connectivity index (χ3n) is 2.79. The zero-order valence-electron chi connectivity index (χ0n) is 11.5. The Morgan fingerprint density at radius 3 is 2.27 bits per heavy atom. The van der Waals surface area contributed by atoms with Crippen LogP contribution in [0.3, 0.4) is 0 Å². The molecule has 0 fully saturated rings. The number of nitrogens with one attached hydrogen (secondary N) is 1. The molecule has 0 aliphatic heterocycles. The van der Waals surface area contributed by atoms with Gasteiger partial charge in [0.2, 0.25) is 0 Å². The number of carboxylic acids is 2. The van der Waals surface area contributed by atoms with Gasteiger partial charge in [-0.05, 0) is 5.56 Å².